The Labute approximate surface area is 109 Å². The number of aryl methyl sites for hydroxylation is 1. The molecule has 1 aromatic heterocycles. The highest BCUT2D eigenvalue weighted by molar-refractivity contribution is 5.89. The molecule has 0 amide bonds. The highest BCUT2D eigenvalue weighted by Gasteiger charge is 2.02. The Kier molecular flexibility index (Phi) is 3.62. The standard InChI is InChI=1S/C14H12N2O3/c1-3-19-13(17)7-5-10-4-6-12-11(8-10)14(18)16-9(2)15-12/h4,6,8H,3H2,1-2H3,(H,15,16,18). The molecule has 96 valence electrons. The third-order valence-electron chi connectivity index (χ3n) is 2.41. The monoisotopic (exact) mass is 256 g/mol. The third-order valence-corrected chi connectivity index (χ3v) is 2.41. The van der Waals surface area contributed by atoms with Crippen molar-refractivity contribution in [3.63, 3.8) is 0 Å². The Morgan fingerprint density at radius 2 is 2.26 bits per heavy atom. The molecule has 0 aliphatic carbocycles. The number of rotatable bonds is 1. The summed E-state index contributed by atoms with van der Waals surface area (Å²) in [5, 5.41) is 0.446. The van der Waals surface area contributed by atoms with Gasteiger partial charge in [0.15, 0.2) is 0 Å². The van der Waals surface area contributed by atoms with Gasteiger partial charge in [-0.15, -0.1) is 0 Å². The molecule has 2 rings (SSSR count). The molecule has 5 heteroatoms. The second-order valence-corrected chi connectivity index (χ2v) is 3.85. The fraction of sp³-hybridized carbons (Fsp3) is 0.214. The minimum atomic E-state index is -0.585. The number of aromatic amines is 1. The number of nitrogens with one attached hydrogen (secondary N) is 1. The largest absolute Gasteiger partial charge is 0.456 e. The normalized spacial score (nSPS) is 9.79. The Morgan fingerprint density at radius 1 is 1.47 bits per heavy atom. The Morgan fingerprint density at radius 3 is 3.00 bits per heavy atom. The smallest absolute Gasteiger partial charge is 0.384 e. The lowest BCUT2D eigenvalue weighted by molar-refractivity contribution is -0.136. The molecule has 0 bridgehead atoms. The maximum absolute atomic E-state index is 11.8. The topological polar surface area (TPSA) is 72.0 Å². The lowest BCUT2D eigenvalue weighted by Gasteiger charge is -1.98. The summed E-state index contributed by atoms with van der Waals surface area (Å²) < 4.78 is 4.70. The van der Waals surface area contributed by atoms with E-state index in [-0.39, 0.29) is 12.2 Å². The van der Waals surface area contributed by atoms with E-state index in [1.165, 1.54) is 0 Å². The molecule has 0 saturated carbocycles. The van der Waals surface area contributed by atoms with Gasteiger partial charge in [0.25, 0.3) is 5.56 Å². The molecule has 1 heterocycles. The number of carbonyl (C=O) groups is 1. The van der Waals surface area contributed by atoms with E-state index in [0.29, 0.717) is 22.3 Å². The number of nitrogens with zero attached hydrogens (tertiary/aromatic N) is 1. The summed E-state index contributed by atoms with van der Waals surface area (Å²) in [4.78, 5) is 29.7. The van der Waals surface area contributed by atoms with E-state index in [0.717, 1.165) is 0 Å². The van der Waals surface area contributed by atoms with Crippen molar-refractivity contribution >= 4 is 16.9 Å². The molecule has 19 heavy (non-hydrogen) atoms. The van der Waals surface area contributed by atoms with Gasteiger partial charge in [0.05, 0.1) is 17.5 Å². The van der Waals surface area contributed by atoms with Crippen LogP contribution < -0.4 is 5.56 Å². The highest BCUT2D eigenvalue weighted by atomic mass is 16.5. The van der Waals surface area contributed by atoms with Crippen LogP contribution >= 0.6 is 0 Å². The van der Waals surface area contributed by atoms with Crippen molar-refractivity contribution in [3.05, 3.63) is 39.9 Å². The lowest BCUT2D eigenvalue weighted by Crippen LogP contribution is -2.09. The van der Waals surface area contributed by atoms with Crippen LogP contribution in [0, 0.1) is 18.8 Å². The van der Waals surface area contributed by atoms with Crippen molar-refractivity contribution in [2.24, 2.45) is 0 Å². The predicted octanol–water partition coefficient (Wildman–Crippen LogP) is 1.15. The summed E-state index contributed by atoms with van der Waals surface area (Å²) in [5.41, 5.74) is 0.946. The Balaban J connectivity index is 2.42. The molecule has 0 unspecified atom stereocenters. The first-order valence-electron chi connectivity index (χ1n) is 5.79. The molecule has 0 saturated heterocycles. The van der Waals surface area contributed by atoms with E-state index in [1.807, 2.05) is 0 Å². The van der Waals surface area contributed by atoms with Gasteiger partial charge >= 0.3 is 5.97 Å². The Bertz CT molecular complexity index is 751. The van der Waals surface area contributed by atoms with Crippen molar-refractivity contribution < 1.29 is 9.53 Å². The maximum Gasteiger partial charge on any atom is 0.384 e. The van der Waals surface area contributed by atoms with Crippen LogP contribution in [-0.2, 0) is 9.53 Å². The molecule has 0 spiro atoms. The SMILES string of the molecule is CCOC(=O)C#Cc1ccc2nc(C)[nH]c(=O)c2c1. The summed E-state index contributed by atoms with van der Waals surface area (Å²) in [7, 11) is 0. The van der Waals surface area contributed by atoms with Crippen molar-refractivity contribution in [1.82, 2.24) is 9.97 Å². The molecule has 1 N–H and O–H groups in total. The summed E-state index contributed by atoms with van der Waals surface area (Å²) in [6, 6.07) is 5.01. The van der Waals surface area contributed by atoms with E-state index in [9.17, 15) is 9.59 Å². The van der Waals surface area contributed by atoms with Crippen molar-refractivity contribution in [2.45, 2.75) is 13.8 Å². The molecule has 0 fully saturated rings. The number of hydrogen-bond donors (Lipinski definition) is 1. The van der Waals surface area contributed by atoms with Gasteiger partial charge in [0, 0.05) is 11.5 Å². The van der Waals surface area contributed by atoms with Crippen LogP contribution in [0.25, 0.3) is 10.9 Å². The van der Waals surface area contributed by atoms with Crippen LogP contribution in [0.2, 0.25) is 0 Å². The molecule has 0 aliphatic rings. The Hall–Kier alpha value is -2.61. The van der Waals surface area contributed by atoms with Crippen LogP contribution in [0.3, 0.4) is 0 Å². The van der Waals surface area contributed by atoms with Crippen LogP contribution in [0.5, 0.6) is 0 Å². The number of H-pyrrole nitrogens is 1. The summed E-state index contributed by atoms with van der Waals surface area (Å²) >= 11 is 0. The molecule has 2 aromatic rings. The lowest BCUT2D eigenvalue weighted by atomic mass is 10.1. The van der Waals surface area contributed by atoms with Gasteiger partial charge in [-0.3, -0.25) is 4.79 Å². The average Bonchev–Trinajstić information content (AvgIpc) is 2.37. The number of hydrogen-bond acceptors (Lipinski definition) is 4. The first kappa shape index (κ1) is 12.8. The van der Waals surface area contributed by atoms with Gasteiger partial charge < -0.3 is 9.72 Å². The van der Waals surface area contributed by atoms with Crippen molar-refractivity contribution in [2.75, 3.05) is 6.61 Å². The quantitative estimate of drug-likeness (QED) is 0.613. The zero-order chi connectivity index (χ0) is 13.8. The maximum atomic E-state index is 11.8. The number of esters is 1. The van der Waals surface area contributed by atoms with Crippen molar-refractivity contribution in [3.8, 4) is 11.8 Å². The zero-order valence-electron chi connectivity index (χ0n) is 10.6. The number of aromatic nitrogens is 2. The van der Waals surface area contributed by atoms with E-state index >= 15 is 0 Å². The third kappa shape index (κ3) is 2.99. The first-order valence-corrected chi connectivity index (χ1v) is 5.79. The van der Waals surface area contributed by atoms with Crippen LogP contribution in [0.4, 0.5) is 0 Å². The van der Waals surface area contributed by atoms with Crippen LogP contribution in [-0.4, -0.2) is 22.5 Å². The van der Waals surface area contributed by atoms with Crippen LogP contribution in [0.1, 0.15) is 18.3 Å². The summed E-state index contributed by atoms with van der Waals surface area (Å²) in [5.74, 6) is 4.98. The van der Waals surface area contributed by atoms with E-state index in [4.69, 9.17) is 4.74 Å². The minimum absolute atomic E-state index is 0.220. The van der Waals surface area contributed by atoms with Gasteiger partial charge in [-0.1, -0.05) is 5.92 Å². The number of carbonyl (C=O) groups excluding carboxylic acids is 1. The first-order chi connectivity index (χ1) is 9.10. The molecular formula is C14H12N2O3. The molecule has 5 nitrogen and oxygen atoms in total. The molecule has 0 atom stereocenters. The number of benzene rings is 1. The van der Waals surface area contributed by atoms with Gasteiger partial charge in [-0.25, -0.2) is 9.78 Å². The van der Waals surface area contributed by atoms with Gasteiger partial charge in [0.1, 0.15) is 5.82 Å². The van der Waals surface area contributed by atoms with E-state index in [1.54, 1.807) is 32.0 Å². The molecular weight excluding hydrogens is 244 g/mol. The minimum Gasteiger partial charge on any atom is -0.456 e. The predicted molar refractivity (Wildman–Crippen MR) is 70.6 cm³/mol. The summed E-state index contributed by atoms with van der Waals surface area (Å²) in [6.07, 6.45) is 0. The van der Waals surface area contributed by atoms with E-state index in [2.05, 4.69) is 21.8 Å². The van der Waals surface area contributed by atoms with Gasteiger partial charge in [-0.05, 0) is 32.0 Å². The second-order valence-electron chi connectivity index (χ2n) is 3.85. The zero-order valence-corrected chi connectivity index (χ0v) is 10.6. The van der Waals surface area contributed by atoms with Gasteiger partial charge in [0.2, 0.25) is 0 Å². The number of fused-ring (bicyclic) bond motifs is 1. The fourth-order valence-electron chi connectivity index (χ4n) is 1.62. The highest BCUT2D eigenvalue weighted by Crippen LogP contribution is 2.09. The van der Waals surface area contributed by atoms with Gasteiger partial charge in [-0.2, -0.15) is 0 Å². The second kappa shape index (κ2) is 5.36. The fourth-order valence-corrected chi connectivity index (χ4v) is 1.62. The van der Waals surface area contributed by atoms with Crippen LogP contribution in [0.15, 0.2) is 23.0 Å². The average molecular weight is 256 g/mol. The molecule has 1 aromatic carbocycles. The number of ether oxygens (including phenoxy) is 1. The summed E-state index contributed by atoms with van der Waals surface area (Å²) in [6.45, 7) is 3.71. The van der Waals surface area contributed by atoms with Crippen molar-refractivity contribution in [1.29, 1.82) is 0 Å². The molecule has 0 aliphatic heterocycles. The molecule has 0 radical (unpaired) electrons. The van der Waals surface area contributed by atoms with E-state index < -0.39 is 5.97 Å².